The van der Waals surface area contributed by atoms with Gasteiger partial charge in [0.25, 0.3) is 11.5 Å². The van der Waals surface area contributed by atoms with E-state index in [2.05, 4.69) is 5.32 Å². The molecule has 1 N–H and O–H groups in total. The van der Waals surface area contributed by atoms with Crippen LogP contribution in [0, 0.1) is 18.3 Å². The van der Waals surface area contributed by atoms with Gasteiger partial charge in [0.2, 0.25) is 0 Å². The number of carbonyl (C=O) groups is 1. The third kappa shape index (κ3) is 5.09. The van der Waals surface area contributed by atoms with E-state index in [1.54, 1.807) is 60.7 Å². The van der Waals surface area contributed by atoms with Crippen LogP contribution < -0.4 is 20.1 Å². The smallest absolute Gasteiger partial charge is 0.273 e. The van der Waals surface area contributed by atoms with Crippen molar-refractivity contribution in [2.75, 3.05) is 5.32 Å². The summed E-state index contributed by atoms with van der Waals surface area (Å²) in [6, 6.07) is 29.0. The van der Waals surface area contributed by atoms with Gasteiger partial charge in [-0.2, -0.15) is 5.26 Å². The van der Waals surface area contributed by atoms with E-state index in [0.29, 0.717) is 32.5 Å². The average molecular weight is 538 g/mol. The van der Waals surface area contributed by atoms with Gasteiger partial charge in [0, 0.05) is 17.3 Å². The molecule has 0 unspecified atom stereocenters. The van der Waals surface area contributed by atoms with Gasteiger partial charge in [-0.3, -0.25) is 14.2 Å². The lowest BCUT2D eigenvalue weighted by molar-refractivity contribution is -0.111. The normalized spacial score (nSPS) is 12.2. The van der Waals surface area contributed by atoms with Crippen LogP contribution in [0.3, 0.4) is 0 Å². The average Bonchev–Trinajstić information content (AvgIpc) is 3.50. The SMILES string of the molecule is Cc1cccc(NC(=O)/C(C#N)=c2\s/c(=C/c3ccc(-c4ccccc4Cl)o3)c(=O)n2-c2ccccc2)c1. The lowest BCUT2D eigenvalue weighted by Gasteiger charge is -2.06. The Morgan fingerprint density at radius 2 is 1.79 bits per heavy atom. The van der Waals surface area contributed by atoms with Gasteiger partial charge in [0.05, 0.1) is 15.2 Å². The fourth-order valence-electron chi connectivity index (χ4n) is 3.94. The standard InChI is InChI=1S/C30H20ClN3O3S/c1-19-8-7-9-20(16-19)33-28(35)24(18-32)30-34(21-10-3-2-4-11-21)29(36)27(38-30)17-22-14-15-26(37-22)23-12-5-6-13-25(23)31/h2-17H,1H3,(H,33,35)/b27-17+,30-24-. The van der Waals surface area contributed by atoms with E-state index in [4.69, 9.17) is 16.0 Å². The predicted molar refractivity (Wildman–Crippen MR) is 151 cm³/mol. The first-order chi connectivity index (χ1) is 18.4. The topological polar surface area (TPSA) is 88.0 Å². The Morgan fingerprint density at radius 3 is 2.53 bits per heavy atom. The highest BCUT2D eigenvalue weighted by Gasteiger charge is 2.18. The molecule has 2 heterocycles. The van der Waals surface area contributed by atoms with Crippen molar-refractivity contribution in [2.24, 2.45) is 0 Å². The number of anilines is 1. The highest BCUT2D eigenvalue weighted by Crippen LogP contribution is 2.29. The van der Waals surface area contributed by atoms with Gasteiger partial charge in [0.1, 0.15) is 22.3 Å². The number of amides is 1. The molecule has 0 fully saturated rings. The Labute approximate surface area is 227 Å². The first-order valence-electron chi connectivity index (χ1n) is 11.6. The maximum Gasteiger partial charge on any atom is 0.273 e. The lowest BCUT2D eigenvalue weighted by Crippen LogP contribution is -2.32. The molecule has 0 aliphatic rings. The zero-order valence-corrected chi connectivity index (χ0v) is 21.7. The summed E-state index contributed by atoms with van der Waals surface area (Å²) < 4.78 is 7.86. The summed E-state index contributed by atoms with van der Waals surface area (Å²) in [5.74, 6) is 0.395. The number of aryl methyl sites for hydroxylation is 1. The third-order valence-corrected chi connectivity index (χ3v) is 7.13. The molecule has 0 atom stereocenters. The maximum absolute atomic E-state index is 13.6. The number of carbonyl (C=O) groups excluding carboxylic acids is 1. The summed E-state index contributed by atoms with van der Waals surface area (Å²) >= 11 is 7.35. The van der Waals surface area contributed by atoms with E-state index in [0.717, 1.165) is 22.5 Å². The van der Waals surface area contributed by atoms with Crippen LogP contribution in [0.1, 0.15) is 11.3 Å². The van der Waals surface area contributed by atoms with Crippen molar-refractivity contribution < 1.29 is 9.21 Å². The van der Waals surface area contributed by atoms with Crippen LogP contribution in [-0.4, -0.2) is 10.5 Å². The quantitative estimate of drug-likeness (QED) is 0.331. The second-order valence-corrected chi connectivity index (χ2v) is 9.82. The van der Waals surface area contributed by atoms with Crippen molar-refractivity contribution >= 4 is 46.2 Å². The van der Waals surface area contributed by atoms with Gasteiger partial charge in [-0.15, -0.1) is 11.3 Å². The monoisotopic (exact) mass is 537 g/mol. The van der Waals surface area contributed by atoms with Gasteiger partial charge >= 0.3 is 0 Å². The number of nitrogens with one attached hydrogen (secondary N) is 1. The number of halogens is 1. The molecule has 0 saturated heterocycles. The summed E-state index contributed by atoms with van der Waals surface area (Å²) in [4.78, 5) is 26.8. The molecule has 0 saturated carbocycles. The zero-order chi connectivity index (χ0) is 26.6. The van der Waals surface area contributed by atoms with Crippen molar-refractivity contribution in [3.05, 3.63) is 127 Å². The summed E-state index contributed by atoms with van der Waals surface area (Å²) in [7, 11) is 0. The minimum Gasteiger partial charge on any atom is -0.457 e. The first-order valence-corrected chi connectivity index (χ1v) is 12.8. The van der Waals surface area contributed by atoms with Crippen LogP contribution in [0.2, 0.25) is 5.02 Å². The fraction of sp³-hybridized carbons (Fsp3) is 0.0333. The van der Waals surface area contributed by atoms with Gasteiger partial charge in [-0.05, 0) is 61.0 Å². The lowest BCUT2D eigenvalue weighted by atomic mass is 10.2. The van der Waals surface area contributed by atoms with Crippen LogP contribution in [0.25, 0.3) is 28.7 Å². The van der Waals surface area contributed by atoms with Crippen LogP contribution >= 0.6 is 22.9 Å². The second kappa shape index (κ2) is 10.8. The van der Waals surface area contributed by atoms with E-state index >= 15 is 0 Å². The summed E-state index contributed by atoms with van der Waals surface area (Å²) in [5.41, 5.74) is 2.25. The molecule has 3 aromatic carbocycles. The molecule has 0 radical (unpaired) electrons. The molecular formula is C30H20ClN3O3S. The minimum absolute atomic E-state index is 0.173. The number of aromatic nitrogens is 1. The van der Waals surface area contributed by atoms with Crippen molar-refractivity contribution in [2.45, 2.75) is 6.92 Å². The van der Waals surface area contributed by atoms with Crippen LogP contribution in [-0.2, 0) is 4.79 Å². The number of thiazole rings is 1. The first kappa shape index (κ1) is 25.0. The Hall–Kier alpha value is -4.64. The Morgan fingerprint density at radius 1 is 1.03 bits per heavy atom. The molecule has 0 bridgehead atoms. The Bertz CT molecular complexity index is 1880. The largest absolute Gasteiger partial charge is 0.457 e. The Kier molecular flexibility index (Phi) is 7.09. The zero-order valence-electron chi connectivity index (χ0n) is 20.1. The van der Waals surface area contributed by atoms with Gasteiger partial charge < -0.3 is 9.73 Å². The number of hydrogen-bond acceptors (Lipinski definition) is 5. The molecule has 0 spiro atoms. The van der Waals surface area contributed by atoms with Gasteiger partial charge in [0.15, 0.2) is 5.57 Å². The van der Waals surface area contributed by atoms with Crippen LogP contribution in [0.15, 0.2) is 100 Å². The number of benzene rings is 3. The molecule has 8 heteroatoms. The number of rotatable bonds is 5. The number of nitrogens with zero attached hydrogens (tertiary/aromatic N) is 2. The highest BCUT2D eigenvalue weighted by molar-refractivity contribution is 7.07. The van der Waals surface area contributed by atoms with Crippen LogP contribution in [0.4, 0.5) is 5.69 Å². The molecule has 6 nitrogen and oxygen atoms in total. The molecule has 0 aliphatic heterocycles. The molecule has 1 amide bonds. The van der Waals surface area contributed by atoms with Crippen molar-refractivity contribution in [3.8, 4) is 23.1 Å². The molecule has 5 rings (SSSR count). The maximum atomic E-state index is 13.6. The highest BCUT2D eigenvalue weighted by atomic mass is 35.5. The molecule has 0 aliphatic carbocycles. The molecule has 38 heavy (non-hydrogen) atoms. The van der Waals surface area contributed by atoms with E-state index < -0.39 is 5.91 Å². The van der Waals surface area contributed by atoms with E-state index in [1.165, 1.54) is 4.57 Å². The molecule has 186 valence electrons. The van der Waals surface area contributed by atoms with Crippen molar-refractivity contribution in [1.29, 1.82) is 5.26 Å². The molecular weight excluding hydrogens is 518 g/mol. The predicted octanol–water partition coefficient (Wildman–Crippen LogP) is 5.26. The Balaban J connectivity index is 1.67. The fourth-order valence-corrected chi connectivity index (χ4v) is 5.25. The van der Waals surface area contributed by atoms with E-state index in [-0.39, 0.29) is 15.8 Å². The van der Waals surface area contributed by atoms with Gasteiger partial charge in [-0.25, -0.2) is 0 Å². The summed E-state index contributed by atoms with van der Waals surface area (Å²) in [6.45, 7) is 1.91. The number of hydrogen-bond donors (Lipinski definition) is 1. The second-order valence-electron chi connectivity index (χ2n) is 8.38. The number of nitriles is 1. The molecule has 2 aromatic heterocycles. The van der Waals surface area contributed by atoms with E-state index in [9.17, 15) is 14.9 Å². The molecule has 5 aromatic rings. The van der Waals surface area contributed by atoms with Crippen molar-refractivity contribution in [1.82, 2.24) is 4.57 Å². The number of para-hydroxylation sites is 1. The third-order valence-electron chi connectivity index (χ3n) is 5.71. The van der Waals surface area contributed by atoms with Crippen molar-refractivity contribution in [3.63, 3.8) is 0 Å². The minimum atomic E-state index is -0.602. The summed E-state index contributed by atoms with van der Waals surface area (Å²) in [6.07, 6.45) is 1.60. The number of furan rings is 1. The van der Waals surface area contributed by atoms with Crippen LogP contribution in [0.5, 0.6) is 0 Å². The summed E-state index contributed by atoms with van der Waals surface area (Å²) in [5, 5.41) is 13.3. The van der Waals surface area contributed by atoms with E-state index in [1.807, 2.05) is 49.4 Å². The van der Waals surface area contributed by atoms with Gasteiger partial charge in [-0.1, -0.05) is 54.1 Å².